The molecule has 0 aliphatic heterocycles. The Bertz CT molecular complexity index is 844. The summed E-state index contributed by atoms with van der Waals surface area (Å²) in [5.74, 6) is -0.704. The number of amides is 2. The van der Waals surface area contributed by atoms with E-state index in [1.54, 1.807) is 6.07 Å². The number of aryl methyl sites for hydroxylation is 1. The van der Waals surface area contributed by atoms with E-state index >= 15 is 0 Å². The summed E-state index contributed by atoms with van der Waals surface area (Å²) in [6.45, 7) is 8.58. The number of halogens is 1. The number of benzene rings is 2. The fourth-order valence-corrected chi connectivity index (χ4v) is 2.67. The lowest BCUT2D eigenvalue weighted by molar-refractivity contribution is -0.123. The summed E-state index contributed by atoms with van der Waals surface area (Å²) in [7, 11) is 0. The number of hydrogen-bond donors (Lipinski definition) is 2. The summed E-state index contributed by atoms with van der Waals surface area (Å²) in [5, 5.41) is 5.24. The SMILES string of the molecule is Cc1ccc(OCC(=O)NCCNC(=O)c2ccccc2F)c(C(C)(C)C)c1. The molecule has 28 heavy (non-hydrogen) atoms. The molecule has 0 aliphatic rings. The fraction of sp³-hybridized carbons (Fsp3) is 0.364. The molecular formula is C22H27FN2O3. The topological polar surface area (TPSA) is 67.4 Å². The maximum Gasteiger partial charge on any atom is 0.258 e. The van der Waals surface area contributed by atoms with Crippen molar-refractivity contribution in [2.75, 3.05) is 19.7 Å². The van der Waals surface area contributed by atoms with Crippen LogP contribution in [0.4, 0.5) is 4.39 Å². The molecule has 2 N–H and O–H groups in total. The van der Waals surface area contributed by atoms with Gasteiger partial charge in [-0.2, -0.15) is 0 Å². The molecule has 2 aromatic rings. The summed E-state index contributed by atoms with van der Waals surface area (Å²) in [5.41, 5.74) is 2.05. The van der Waals surface area contributed by atoms with Crippen molar-refractivity contribution in [3.8, 4) is 5.75 Å². The van der Waals surface area contributed by atoms with E-state index in [2.05, 4.69) is 37.5 Å². The average molecular weight is 386 g/mol. The highest BCUT2D eigenvalue weighted by Crippen LogP contribution is 2.32. The highest BCUT2D eigenvalue weighted by Gasteiger charge is 2.19. The Morgan fingerprint density at radius 3 is 2.39 bits per heavy atom. The van der Waals surface area contributed by atoms with E-state index in [9.17, 15) is 14.0 Å². The van der Waals surface area contributed by atoms with E-state index in [0.29, 0.717) is 5.75 Å². The van der Waals surface area contributed by atoms with Crippen molar-refractivity contribution in [1.29, 1.82) is 0 Å². The number of hydrogen-bond acceptors (Lipinski definition) is 3. The second-order valence-electron chi connectivity index (χ2n) is 7.62. The van der Waals surface area contributed by atoms with Crippen LogP contribution in [0, 0.1) is 12.7 Å². The number of carbonyl (C=O) groups is 2. The molecule has 0 fully saturated rings. The minimum Gasteiger partial charge on any atom is -0.483 e. The van der Waals surface area contributed by atoms with Gasteiger partial charge in [-0.05, 0) is 36.1 Å². The van der Waals surface area contributed by atoms with Crippen molar-refractivity contribution in [3.05, 3.63) is 65.0 Å². The molecule has 5 nitrogen and oxygen atoms in total. The Hall–Kier alpha value is -2.89. The van der Waals surface area contributed by atoms with Gasteiger partial charge in [-0.1, -0.05) is 50.6 Å². The van der Waals surface area contributed by atoms with E-state index in [1.807, 2.05) is 19.1 Å². The third kappa shape index (κ3) is 6.08. The highest BCUT2D eigenvalue weighted by molar-refractivity contribution is 5.94. The molecule has 2 amide bonds. The Kier molecular flexibility index (Phi) is 7.15. The van der Waals surface area contributed by atoms with Gasteiger partial charge in [0.15, 0.2) is 6.61 Å². The Labute approximate surface area is 165 Å². The van der Waals surface area contributed by atoms with Gasteiger partial charge in [-0.25, -0.2) is 4.39 Å². The van der Waals surface area contributed by atoms with E-state index in [1.165, 1.54) is 18.2 Å². The summed E-state index contributed by atoms with van der Waals surface area (Å²) in [6.07, 6.45) is 0. The van der Waals surface area contributed by atoms with E-state index < -0.39 is 11.7 Å². The van der Waals surface area contributed by atoms with Gasteiger partial charge >= 0.3 is 0 Å². The summed E-state index contributed by atoms with van der Waals surface area (Å²) in [6, 6.07) is 11.6. The van der Waals surface area contributed by atoms with Gasteiger partial charge in [-0.3, -0.25) is 9.59 Å². The van der Waals surface area contributed by atoms with Crippen LogP contribution in [-0.2, 0) is 10.2 Å². The standard InChI is InChI=1S/C22H27FN2O3/c1-15-9-10-19(17(13-15)22(2,3)4)28-14-20(26)24-11-12-25-21(27)16-7-5-6-8-18(16)23/h5-10,13H,11-12,14H2,1-4H3,(H,24,26)(H,25,27). The summed E-state index contributed by atoms with van der Waals surface area (Å²) in [4.78, 5) is 23.9. The molecule has 6 heteroatoms. The first-order valence-electron chi connectivity index (χ1n) is 9.22. The van der Waals surface area contributed by atoms with Gasteiger partial charge in [-0.15, -0.1) is 0 Å². The molecule has 0 atom stereocenters. The van der Waals surface area contributed by atoms with Crippen LogP contribution in [0.2, 0.25) is 0 Å². The molecule has 0 radical (unpaired) electrons. The van der Waals surface area contributed by atoms with E-state index in [-0.39, 0.29) is 36.6 Å². The predicted octanol–water partition coefficient (Wildman–Crippen LogP) is 3.36. The van der Waals surface area contributed by atoms with Gasteiger partial charge in [0, 0.05) is 13.1 Å². The lowest BCUT2D eigenvalue weighted by Crippen LogP contribution is -2.37. The number of carbonyl (C=O) groups excluding carboxylic acids is 2. The van der Waals surface area contributed by atoms with Crippen molar-refractivity contribution in [1.82, 2.24) is 10.6 Å². The first kappa shape index (κ1) is 21.4. The number of nitrogens with one attached hydrogen (secondary N) is 2. The fourth-order valence-electron chi connectivity index (χ4n) is 2.67. The molecule has 2 rings (SSSR count). The van der Waals surface area contributed by atoms with Crippen LogP contribution < -0.4 is 15.4 Å². The lowest BCUT2D eigenvalue weighted by atomic mass is 9.85. The Morgan fingerprint density at radius 2 is 1.71 bits per heavy atom. The first-order chi connectivity index (χ1) is 13.2. The first-order valence-corrected chi connectivity index (χ1v) is 9.22. The molecule has 0 aromatic heterocycles. The maximum atomic E-state index is 13.5. The quantitative estimate of drug-likeness (QED) is 0.717. The minimum absolute atomic E-state index is 0.0220. The van der Waals surface area contributed by atoms with Crippen LogP contribution >= 0.6 is 0 Å². The molecule has 0 bridgehead atoms. The molecule has 0 aliphatic carbocycles. The van der Waals surface area contributed by atoms with Gasteiger partial charge < -0.3 is 15.4 Å². The summed E-state index contributed by atoms with van der Waals surface area (Å²) >= 11 is 0. The number of rotatable bonds is 7. The molecule has 0 unspecified atom stereocenters. The van der Waals surface area contributed by atoms with Crippen LogP contribution in [0.15, 0.2) is 42.5 Å². The highest BCUT2D eigenvalue weighted by atomic mass is 19.1. The van der Waals surface area contributed by atoms with Crippen molar-refractivity contribution >= 4 is 11.8 Å². The van der Waals surface area contributed by atoms with Crippen molar-refractivity contribution in [2.24, 2.45) is 0 Å². The maximum absolute atomic E-state index is 13.5. The van der Waals surface area contributed by atoms with Crippen LogP contribution in [0.3, 0.4) is 0 Å². The zero-order chi connectivity index (χ0) is 20.7. The molecule has 0 saturated heterocycles. The van der Waals surface area contributed by atoms with E-state index in [0.717, 1.165) is 11.1 Å². The van der Waals surface area contributed by atoms with E-state index in [4.69, 9.17) is 4.74 Å². The molecule has 0 spiro atoms. The Morgan fingerprint density at radius 1 is 1.04 bits per heavy atom. The lowest BCUT2D eigenvalue weighted by Gasteiger charge is -2.23. The largest absolute Gasteiger partial charge is 0.483 e. The average Bonchev–Trinajstić information content (AvgIpc) is 2.63. The van der Waals surface area contributed by atoms with Gasteiger partial charge in [0.2, 0.25) is 0 Å². The van der Waals surface area contributed by atoms with Crippen molar-refractivity contribution in [3.63, 3.8) is 0 Å². The second kappa shape index (κ2) is 9.35. The molecule has 0 heterocycles. The van der Waals surface area contributed by atoms with Crippen LogP contribution in [0.5, 0.6) is 5.75 Å². The van der Waals surface area contributed by atoms with Crippen molar-refractivity contribution < 1.29 is 18.7 Å². The molecule has 0 saturated carbocycles. The Balaban J connectivity index is 1.78. The monoisotopic (exact) mass is 386 g/mol. The molecule has 2 aromatic carbocycles. The molecule has 150 valence electrons. The summed E-state index contributed by atoms with van der Waals surface area (Å²) < 4.78 is 19.2. The van der Waals surface area contributed by atoms with Crippen LogP contribution in [-0.4, -0.2) is 31.5 Å². The van der Waals surface area contributed by atoms with Gasteiger partial charge in [0.25, 0.3) is 11.8 Å². The smallest absolute Gasteiger partial charge is 0.258 e. The third-order valence-electron chi connectivity index (χ3n) is 4.15. The van der Waals surface area contributed by atoms with Crippen LogP contribution in [0.1, 0.15) is 42.3 Å². The van der Waals surface area contributed by atoms with Crippen LogP contribution in [0.25, 0.3) is 0 Å². The van der Waals surface area contributed by atoms with Gasteiger partial charge in [0.05, 0.1) is 5.56 Å². The zero-order valence-electron chi connectivity index (χ0n) is 16.8. The van der Waals surface area contributed by atoms with Gasteiger partial charge in [0.1, 0.15) is 11.6 Å². The normalized spacial score (nSPS) is 11.0. The predicted molar refractivity (Wildman–Crippen MR) is 107 cm³/mol. The third-order valence-corrected chi connectivity index (χ3v) is 4.15. The molecular weight excluding hydrogens is 359 g/mol. The minimum atomic E-state index is -0.579. The number of ether oxygens (including phenoxy) is 1. The van der Waals surface area contributed by atoms with Crippen molar-refractivity contribution in [2.45, 2.75) is 33.1 Å². The second-order valence-corrected chi connectivity index (χ2v) is 7.62. The zero-order valence-corrected chi connectivity index (χ0v) is 16.8.